The van der Waals surface area contributed by atoms with Gasteiger partial charge in [-0.3, -0.25) is 4.90 Å². The average molecular weight is 591 g/mol. The maximum absolute atomic E-state index is 6.73. The normalized spacial score (nSPS) is 21.1. The summed E-state index contributed by atoms with van der Waals surface area (Å²) in [6.07, 6.45) is 3.95. The first-order valence-corrected chi connectivity index (χ1v) is 15.6. The summed E-state index contributed by atoms with van der Waals surface area (Å²) < 4.78 is 33.0. The van der Waals surface area contributed by atoms with Gasteiger partial charge in [0.1, 0.15) is 36.5 Å². The Hall–Kier alpha value is -3.31. The summed E-state index contributed by atoms with van der Waals surface area (Å²) in [5.41, 5.74) is 4.28. The molecule has 10 heteroatoms. The Kier molecular flexibility index (Phi) is 8.85. The van der Waals surface area contributed by atoms with E-state index < -0.39 is 0 Å². The van der Waals surface area contributed by atoms with Gasteiger partial charge in [0.05, 0.1) is 25.7 Å². The van der Waals surface area contributed by atoms with Crippen LogP contribution in [0.3, 0.4) is 0 Å². The van der Waals surface area contributed by atoms with Crippen LogP contribution in [0.1, 0.15) is 29.3 Å². The van der Waals surface area contributed by atoms with E-state index in [9.17, 15) is 0 Å². The highest BCUT2D eigenvalue weighted by Gasteiger charge is 2.40. The van der Waals surface area contributed by atoms with Crippen molar-refractivity contribution in [3.63, 3.8) is 0 Å². The second kappa shape index (κ2) is 12.9. The average Bonchev–Trinajstić information content (AvgIpc) is 3.58. The summed E-state index contributed by atoms with van der Waals surface area (Å²) in [5, 5.41) is 1.57. The van der Waals surface area contributed by atoms with Crippen molar-refractivity contribution >= 4 is 22.8 Å². The van der Waals surface area contributed by atoms with Crippen LogP contribution in [-0.4, -0.2) is 77.9 Å². The Morgan fingerprint density at radius 2 is 1.64 bits per heavy atom. The van der Waals surface area contributed by atoms with E-state index in [0.29, 0.717) is 24.1 Å². The topological polar surface area (TPSA) is 80.1 Å². The maximum Gasteiger partial charge on any atom is 0.227 e. The van der Waals surface area contributed by atoms with E-state index in [1.165, 1.54) is 22.9 Å². The number of thioether (sulfide) groups is 1. The zero-order valence-electron chi connectivity index (χ0n) is 24.6. The Morgan fingerprint density at radius 1 is 0.952 bits per heavy atom. The molecule has 0 spiro atoms. The van der Waals surface area contributed by atoms with Crippen LogP contribution in [0.5, 0.6) is 17.4 Å². The minimum absolute atomic E-state index is 0.216. The molecule has 2 aliphatic heterocycles. The van der Waals surface area contributed by atoms with Crippen molar-refractivity contribution in [1.29, 1.82) is 0 Å². The molecule has 2 aromatic heterocycles. The van der Waals surface area contributed by atoms with Crippen molar-refractivity contribution in [3.8, 4) is 17.4 Å². The van der Waals surface area contributed by atoms with Crippen molar-refractivity contribution in [2.45, 2.75) is 50.4 Å². The number of hydrogen-bond donors (Lipinski definition) is 0. The number of benzene rings is 2. The molecule has 0 saturated carbocycles. The molecule has 0 N–H and O–H groups in total. The lowest BCUT2D eigenvalue weighted by atomic mass is 10.1. The van der Waals surface area contributed by atoms with E-state index in [-0.39, 0.29) is 18.4 Å². The van der Waals surface area contributed by atoms with Crippen molar-refractivity contribution in [2.24, 2.45) is 0 Å². The molecular weight excluding hydrogens is 552 g/mol. The van der Waals surface area contributed by atoms with Gasteiger partial charge in [-0.1, -0.05) is 47.2 Å². The van der Waals surface area contributed by atoms with Gasteiger partial charge in [0.25, 0.3) is 0 Å². The molecule has 0 aliphatic carbocycles. The largest absolute Gasteiger partial charge is 0.491 e. The number of methoxy groups -OCH3 is 1. The molecule has 2 aliphatic rings. The van der Waals surface area contributed by atoms with Crippen LogP contribution in [0.2, 0.25) is 0 Å². The van der Waals surface area contributed by atoms with Crippen molar-refractivity contribution in [2.75, 3.05) is 46.3 Å². The lowest BCUT2D eigenvalue weighted by Crippen LogP contribution is -2.35. The molecule has 9 nitrogen and oxygen atoms in total. The monoisotopic (exact) mass is 590 g/mol. The summed E-state index contributed by atoms with van der Waals surface area (Å²) >= 11 is 1.49. The minimum Gasteiger partial charge on any atom is -0.491 e. The second-order valence-electron chi connectivity index (χ2n) is 10.8. The number of aryl methyl sites for hydroxylation is 2. The van der Waals surface area contributed by atoms with Crippen molar-refractivity contribution < 1.29 is 23.7 Å². The fourth-order valence-electron chi connectivity index (χ4n) is 5.50. The first-order valence-electron chi connectivity index (χ1n) is 14.4. The van der Waals surface area contributed by atoms with Crippen LogP contribution < -0.4 is 14.2 Å². The number of rotatable bonds is 10. The Labute approximate surface area is 251 Å². The molecule has 4 aromatic rings. The summed E-state index contributed by atoms with van der Waals surface area (Å²) in [6.45, 7) is 8.47. The van der Waals surface area contributed by atoms with Crippen LogP contribution in [0, 0.1) is 13.8 Å². The van der Waals surface area contributed by atoms with E-state index in [1.807, 2.05) is 42.7 Å². The lowest BCUT2D eigenvalue weighted by Gasteiger charge is -2.26. The van der Waals surface area contributed by atoms with Gasteiger partial charge in [-0.05, 0) is 49.9 Å². The van der Waals surface area contributed by atoms with Gasteiger partial charge in [-0.25, -0.2) is 4.98 Å². The summed E-state index contributed by atoms with van der Waals surface area (Å²) in [6, 6.07) is 16.2. The van der Waals surface area contributed by atoms with Crippen LogP contribution in [0.25, 0.3) is 11.0 Å². The number of hydrogen-bond acceptors (Lipinski definition) is 9. The number of nitrogens with zero attached hydrogens (tertiary/aromatic N) is 4. The van der Waals surface area contributed by atoms with E-state index in [4.69, 9.17) is 28.7 Å². The van der Waals surface area contributed by atoms with Gasteiger partial charge < -0.3 is 28.3 Å². The van der Waals surface area contributed by atoms with Gasteiger partial charge >= 0.3 is 0 Å². The van der Waals surface area contributed by atoms with Gasteiger partial charge in [0.2, 0.25) is 5.88 Å². The highest BCUT2D eigenvalue weighted by molar-refractivity contribution is 7.98. The first-order chi connectivity index (χ1) is 20.5. The Bertz CT molecular complexity index is 1490. The van der Waals surface area contributed by atoms with E-state index in [1.54, 1.807) is 7.11 Å². The molecule has 6 rings (SSSR count). The number of morpholine rings is 1. The maximum atomic E-state index is 6.73. The minimum atomic E-state index is -0.303. The van der Waals surface area contributed by atoms with Crippen LogP contribution in [0.15, 0.2) is 59.9 Å². The standard InChI is InChI=1S/C32H38N4O5S/c1-21-5-9-24(10-6-21)39-20-27-26(40-25-11-7-22(2)8-12-25)17-28(41-27)36-19-23(18-35-13-15-38-16-14-35)29-30(36)33-32(42-4)34-31(29)37-3/h5-12,19,26-28H,13-18,20H2,1-4H3/t26-,27+,28+/m0/s1. The Balaban J connectivity index is 1.33. The SMILES string of the molecule is COc1nc(SC)nc2c1c(CN1CCOCC1)cn2[C@H]1C[C@H](Oc2ccc(C)cc2)[C@@H](COc2ccc(C)cc2)O1. The molecule has 2 saturated heterocycles. The molecule has 0 unspecified atom stereocenters. The summed E-state index contributed by atoms with van der Waals surface area (Å²) in [7, 11) is 1.66. The summed E-state index contributed by atoms with van der Waals surface area (Å²) in [4.78, 5) is 12.0. The van der Waals surface area contributed by atoms with Crippen molar-refractivity contribution in [3.05, 3.63) is 71.4 Å². The van der Waals surface area contributed by atoms with Gasteiger partial charge in [-0.2, -0.15) is 4.98 Å². The van der Waals surface area contributed by atoms with Gasteiger partial charge in [0, 0.05) is 32.3 Å². The third-order valence-electron chi connectivity index (χ3n) is 7.80. The number of ether oxygens (including phenoxy) is 5. The highest BCUT2D eigenvalue weighted by Crippen LogP contribution is 2.38. The molecule has 2 aromatic carbocycles. The first kappa shape index (κ1) is 28.8. The van der Waals surface area contributed by atoms with Crippen molar-refractivity contribution in [1.82, 2.24) is 19.4 Å². The molecular formula is C32H38N4O5S. The fourth-order valence-corrected chi connectivity index (χ4v) is 5.85. The molecule has 2 fully saturated rings. The molecule has 222 valence electrons. The predicted octanol–water partition coefficient (Wildman–Crippen LogP) is 5.42. The van der Waals surface area contributed by atoms with Crippen LogP contribution >= 0.6 is 11.8 Å². The fraction of sp³-hybridized carbons (Fsp3) is 0.438. The summed E-state index contributed by atoms with van der Waals surface area (Å²) in [5.74, 6) is 2.20. The van der Waals surface area contributed by atoms with Crippen LogP contribution in [0.4, 0.5) is 0 Å². The highest BCUT2D eigenvalue weighted by atomic mass is 32.2. The van der Waals surface area contributed by atoms with E-state index >= 15 is 0 Å². The number of aromatic nitrogens is 3. The third-order valence-corrected chi connectivity index (χ3v) is 8.35. The molecule has 3 atom stereocenters. The molecule has 0 radical (unpaired) electrons. The molecule has 42 heavy (non-hydrogen) atoms. The van der Waals surface area contributed by atoms with Gasteiger partial charge in [0.15, 0.2) is 10.8 Å². The Morgan fingerprint density at radius 3 is 2.31 bits per heavy atom. The van der Waals surface area contributed by atoms with E-state index in [0.717, 1.165) is 60.9 Å². The van der Waals surface area contributed by atoms with Crippen LogP contribution in [-0.2, 0) is 16.0 Å². The zero-order chi connectivity index (χ0) is 29.1. The second-order valence-corrected chi connectivity index (χ2v) is 11.6. The molecule has 4 heterocycles. The third kappa shape index (κ3) is 6.36. The zero-order valence-corrected chi connectivity index (χ0v) is 25.4. The smallest absolute Gasteiger partial charge is 0.227 e. The molecule has 0 bridgehead atoms. The lowest BCUT2D eigenvalue weighted by molar-refractivity contribution is -0.0340. The molecule has 0 amide bonds. The van der Waals surface area contributed by atoms with E-state index in [2.05, 4.69) is 46.6 Å². The number of fused-ring (bicyclic) bond motifs is 1. The van der Waals surface area contributed by atoms with Gasteiger partial charge in [-0.15, -0.1) is 0 Å². The predicted molar refractivity (Wildman–Crippen MR) is 163 cm³/mol. The quantitative estimate of drug-likeness (QED) is 0.178.